The second-order valence-corrected chi connectivity index (χ2v) is 8.21. The number of H-pyrrole nitrogens is 1. The smallest absolute Gasteiger partial charge is 0.355 e. The summed E-state index contributed by atoms with van der Waals surface area (Å²) in [5, 5.41) is 2.87. The summed E-state index contributed by atoms with van der Waals surface area (Å²) in [4.78, 5) is 26.5. The van der Waals surface area contributed by atoms with E-state index in [1.54, 1.807) is 24.3 Å². The molecule has 9 nitrogen and oxygen atoms in total. The van der Waals surface area contributed by atoms with Gasteiger partial charge in [0.2, 0.25) is 10.0 Å². The third-order valence-electron chi connectivity index (χ3n) is 3.97. The van der Waals surface area contributed by atoms with Crippen molar-refractivity contribution in [1.82, 2.24) is 9.29 Å². The lowest BCUT2D eigenvalue weighted by Crippen LogP contribution is -2.40. The Hall–Kier alpha value is -2.40. The summed E-state index contributed by atoms with van der Waals surface area (Å²) < 4.78 is 36.4. The van der Waals surface area contributed by atoms with Crippen LogP contribution in [0.2, 0.25) is 5.02 Å². The minimum atomic E-state index is -3.73. The second-order valence-electron chi connectivity index (χ2n) is 5.87. The Labute approximate surface area is 166 Å². The summed E-state index contributed by atoms with van der Waals surface area (Å²) in [5.74, 6) is -1.42. The standard InChI is InChI=1S/C17H18ClN3O6S/c18-13-3-1-2-4-14(13)20-16(22)11-27-17(23)15-9-12(10-19-15)28(24,25)21-5-7-26-8-6-21/h1-4,9-10,19H,5-8,11H2,(H,20,22). The molecule has 0 unspecified atom stereocenters. The minimum absolute atomic E-state index is 0.0538. The van der Waals surface area contributed by atoms with Crippen molar-refractivity contribution in [2.45, 2.75) is 4.90 Å². The number of aromatic amines is 1. The number of carbonyl (C=O) groups is 2. The number of rotatable bonds is 6. The molecular formula is C17H18ClN3O6S. The fraction of sp³-hybridized carbons (Fsp3) is 0.294. The predicted molar refractivity (Wildman–Crippen MR) is 101 cm³/mol. The number of halogens is 1. The van der Waals surface area contributed by atoms with E-state index in [0.29, 0.717) is 23.9 Å². The lowest BCUT2D eigenvalue weighted by molar-refractivity contribution is -0.119. The summed E-state index contributed by atoms with van der Waals surface area (Å²) in [6.45, 7) is 0.581. The first-order chi connectivity index (χ1) is 13.4. The third-order valence-corrected chi connectivity index (χ3v) is 6.17. The Morgan fingerprint density at radius 1 is 1.25 bits per heavy atom. The maximum atomic E-state index is 12.5. The average Bonchev–Trinajstić information content (AvgIpc) is 3.20. The van der Waals surface area contributed by atoms with Crippen molar-refractivity contribution in [3.8, 4) is 0 Å². The van der Waals surface area contributed by atoms with Gasteiger partial charge in [-0.15, -0.1) is 0 Å². The molecule has 1 amide bonds. The highest BCUT2D eigenvalue weighted by Gasteiger charge is 2.28. The molecule has 3 rings (SSSR count). The van der Waals surface area contributed by atoms with Crippen LogP contribution in [0.25, 0.3) is 0 Å². The maximum absolute atomic E-state index is 12.5. The number of sulfonamides is 1. The average molecular weight is 428 g/mol. The van der Waals surface area contributed by atoms with Gasteiger partial charge in [-0.1, -0.05) is 23.7 Å². The second kappa shape index (κ2) is 8.74. The van der Waals surface area contributed by atoms with Crippen molar-refractivity contribution < 1.29 is 27.5 Å². The van der Waals surface area contributed by atoms with Crippen LogP contribution < -0.4 is 5.32 Å². The van der Waals surface area contributed by atoms with Crippen LogP contribution in [0.5, 0.6) is 0 Å². The molecule has 1 aromatic carbocycles. The summed E-state index contributed by atoms with van der Waals surface area (Å²) in [6, 6.07) is 7.81. The highest BCUT2D eigenvalue weighted by atomic mass is 35.5. The number of esters is 1. The molecule has 1 aromatic heterocycles. The van der Waals surface area contributed by atoms with Gasteiger partial charge in [0.25, 0.3) is 5.91 Å². The van der Waals surface area contributed by atoms with Crippen molar-refractivity contribution in [2.75, 3.05) is 38.2 Å². The lowest BCUT2D eigenvalue weighted by atomic mass is 10.3. The third kappa shape index (κ3) is 4.71. The highest BCUT2D eigenvalue weighted by molar-refractivity contribution is 7.89. The van der Waals surface area contributed by atoms with E-state index < -0.39 is 28.5 Å². The molecule has 2 heterocycles. The fourth-order valence-corrected chi connectivity index (χ4v) is 4.12. The number of aromatic nitrogens is 1. The Kier molecular flexibility index (Phi) is 6.35. The number of hydrogen-bond acceptors (Lipinski definition) is 6. The molecule has 2 N–H and O–H groups in total. The summed E-state index contributed by atoms with van der Waals surface area (Å²) in [6.07, 6.45) is 1.21. The molecule has 0 saturated carbocycles. The van der Waals surface area contributed by atoms with E-state index >= 15 is 0 Å². The maximum Gasteiger partial charge on any atom is 0.355 e. The highest BCUT2D eigenvalue weighted by Crippen LogP contribution is 2.20. The topological polar surface area (TPSA) is 118 Å². The van der Waals surface area contributed by atoms with Gasteiger partial charge < -0.3 is 19.8 Å². The van der Waals surface area contributed by atoms with Crippen LogP contribution in [0.3, 0.4) is 0 Å². The Balaban J connectivity index is 1.58. The molecule has 2 aromatic rings. The van der Waals surface area contributed by atoms with Crippen molar-refractivity contribution >= 4 is 39.2 Å². The van der Waals surface area contributed by atoms with E-state index in [9.17, 15) is 18.0 Å². The van der Waals surface area contributed by atoms with E-state index in [0.717, 1.165) is 0 Å². The van der Waals surface area contributed by atoms with E-state index in [-0.39, 0.29) is 23.7 Å². The Morgan fingerprint density at radius 2 is 1.96 bits per heavy atom. The van der Waals surface area contributed by atoms with Crippen molar-refractivity contribution in [3.05, 3.63) is 47.2 Å². The molecule has 11 heteroatoms. The van der Waals surface area contributed by atoms with Crippen molar-refractivity contribution in [1.29, 1.82) is 0 Å². The normalized spacial score (nSPS) is 15.2. The first kappa shape index (κ1) is 20.3. The predicted octanol–water partition coefficient (Wildman–Crippen LogP) is 1.48. The lowest BCUT2D eigenvalue weighted by Gasteiger charge is -2.25. The summed E-state index contributed by atoms with van der Waals surface area (Å²) >= 11 is 5.94. The van der Waals surface area contributed by atoms with Gasteiger partial charge in [-0.25, -0.2) is 13.2 Å². The van der Waals surface area contributed by atoms with Gasteiger partial charge in [0.1, 0.15) is 10.6 Å². The quantitative estimate of drug-likeness (QED) is 0.674. The van der Waals surface area contributed by atoms with Crippen LogP contribution in [0.1, 0.15) is 10.5 Å². The van der Waals surface area contributed by atoms with Crippen LogP contribution in [0, 0.1) is 0 Å². The van der Waals surface area contributed by atoms with Gasteiger partial charge in [-0.2, -0.15) is 4.31 Å². The van der Waals surface area contributed by atoms with Gasteiger partial charge in [-0.3, -0.25) is 4.79 Å². The summed E-state index contributed by atoms with van der Waals surface area (Å²) in [7, 11) is -3.73. The van der Waals surface area contributed by atoms with Crippen molar-refractivity contribution in [2.24, 2.45) is 0 Å². The number of nitrogens with one attached hydrogen (secondary N) is 2. The number of para-hydroxylation sites is 1. The number of ether oxygens (including phenoxy) is 2. The largest absolute Gasteiger partial charge is 0.451 e. The molecule has 0 radical (unpaired) electrons. The van der Waals surface area contributed by atoms with Crippen molar-refractivity contribution in [3.63, 3.8) is 0 Å². The minimum Gasteiger partial charge on any atom is -0.451 e. The van der Waals surface area contributed by atoms with Crippen LogP contribution >= 0.6 is 11.6 Å². The molecule has 0 spiro atoms. The SMILES string of the molecule is O=C(COC(=O)c1cc(S(=O)(=O)N2CCOCC2)c[nH]1)Nc1ccccc1Cl. The molecule has 0 bridgehead atoms. The molecule has 1 saturated heterocycles. The summed E-state index contributed by atoms with van der Waals surface area (Å²) in [5.41, 5.74) is 0.321. The molecule has 1 fully saturated rings. The van der Waals surface area contributed by atoms with Gasteiger partial charge in [0.15, 0.2) is 6.61 Å². The number of hydrogen-bond donors (Lipinski definition) is 2. The molecule has 0 atom stereocenters. The van der Waals surface area contributed by atoms with Gasteiger partial charge >= 0.3 is 5.97 Å². The molecule has 1 aliphatic rings. The zero-order valence-electron chi connectivity index (χ0n) is 14.7. The monoisotopic (exact) mass is 427 g/mol. The number of morpholine rings is 1. The zero-order chi connectivity index (χ0) is 20.1. The van der Waals surface area contributed by atoms with E-state index in [2.05, 4.69) is 10.3 Å². The van der Waals surface area contributed by atoms with Crippen LogP contribution in [-0.2, 0) is 24.3 Å². The van der Waals surface area contributed by atoms with E-state index in [4.69, 9.17) is 21.1 Å². The van der Waals surface area contributed by atoms with E-state index in [1.807, 2.05) is 0 Å². The molecule has 150 valence electrons. The molecule has 1 aliphatic heterocycles. The van der Waals surface area contributed by atoms with Gasteiger partial charge in [0.05, 0.1) is 23.9 Å². The van der Waals surface area contributed by atoms with Crippen LogP contribution in [0.4, 0.5) is 5.69 Å². The van der Waals surface area contributed by atoms with Crippen LogP contribution in [0.15, 0.2) is 41.4 Å². The van der Waals surface area contributed by atoms with Gasteiger partial charge in [0, 0.05) is 19.3 Å². The number of carbonyl (C=O) groups excluding carboxylic acids is 2. The number of anilines is 1. The fourth-order valence-electron chi connectivity index (χ4n) is 2.53. The number of amides is 1. The number of nitrogens with zero attached hydrogens (tertiary/aromatic N) is 1. The molecule has 0 aliphatic carbocycles. The first-order valence-corrected chi connectivity index (χ1v) is 10.2. The number of benzene rings is 1. The van der Waals surface area contributed by atoms with Crippen LogP contribution in [-0.4, -0.2) is 62.5 Å². The molecular weight excluding hydrogens is 410 g/mol. The Morgan fingerprint density at radius 3 is 2.68 bits per heavy atom. The van der Waals surface area contributed by atoms with E-state index in [1.165, 1.54) is 16.6 Å². The zero-order valence-corrected chi connectivity index (χ0v) is 16.3. The Bertz CT molecular complexity index is 969. The van der Waals surface area contributed by atoms with Gasteiger partial charge in [-0.05, 0) is 18.2 Å². The first-order valence-electron chi connectivity index (χ1n) is 8.36. The molecule has 28 heavy (non-hydrogen) atoms.